The first kappa shape index (κ1) is 12.4. The van der Waals surface area contributed by atoms with Gasteiger partial charge in [-0.15, -0.1) is 0 Å². The van der Waals surface area contributed by atoms with Crippen LogP contribution >= 0.6 is 0 Å². The quantitative estimate of drug-likeness (QED) is 0.873. The Morgan fingerprint density at radius 3 is 3.11 bits per heavy atom. The molecule has 3 heterocycles. The van der Waals surface area contributed by atoms with E-state index in [1.807, 2.05) is 6.07 Å². The van der Waals surface area contributed by atoms with Crippen LogP contribution in [-0.2, 0) is 16.3 Å². The van der Waals surface area contributed by atoms with Crippen LogP contribution in [0.5, 0.6) is 0 Å². The summed E-state index contributed by atoms with van der Waals surface area (Å²) >= 11 is 0. The lowest BCUT2D eigenvalue weighted by Gasteiger charge is -2.20. The Hall–Kier alpha value is -1.63. The monoisotopic (exact) mass is 280 g/mol. The van der Waals surface area contributed by atoms with Crippen molar-refractivity contribution < 1.29 is 8.42 Å². The molecule has 0 bridgehead atoms. The van der Waals surface area contributed by atoms with Crippen molar-refractivity contribution >= 4 is 21.2 Å². The van der Waals surface area contributed by atoms with Crippen molar-refractivity contribution in [3.8, 4) is 0 Å². The van der Waals surface area contributed by atoms with Gasteiger partial charge in [0.2, 0.25) is 0 Å². The van der Waals surface area contributed by atoms with Gasteiger partial charge in [0.25, 0.3) is 0 Å². The summed E-state index contributed by atoms with van der Waals surface area (Å²) in [6, 6.07) is 1.89. The van der Waals surface area contributed by atoms with Gasteiger partial charge in [-0.2, -0.15) is 5.10 Å². The minimum Gasteiger partial charge on any atom is -0.396 e. The number of hydrogen-bond donors (Lipinski definition) is 1. The van der Waals surface area contributed by atoms with E-state index in [1.165, 1.54) is 0 Å². The minimum atomic E-state index is -2.86. The zero-order chi connectivity index (χ0) is 13.5. The lowest BCUT2D eigenvalue weighted by Crippen LogP contribution is -2.26. The maximum absolute atomic E-state index is 11.6. The van der Waals surface area contributed by atoms with Crippen LogP contribution in [0.4, 0.5) is 5.69 Å². The number of aromatic nitrogens is 3. The summed E-state index contributed by atoms with van der Waals surface area (Å²) in [7, 11) is -2.86. The van der Waals surface area contributed by atoms with Gasteiger partial charge >= 0.3 is 0 Å². The Bertz CT molecular complexity index is 708. The molecule has 1 aliphatic heterocycles. The Kier molecular flexibility index (Phi) is 2.93. The highest BCUT2D eigenvalue weighted by Crippen LogP contribution is 2.22. The molecule has 1 atom stereocenters. The smallest absolute Gasteiger partial charge is 0.155 e. The number of nitrogens with two attached hydrogens (primary N) is 1. The van der Waals surface area contributed by atoms with Gasteiger partial charge in [-0.05, 0) is 25.2 Å². The van der Waals surface area contributed by atoms with Gasteiger partial charge in [0.1, 0.15) is 0 Å². The van der Waals surface area contributed by atoms with E-state index >= 15 is 0 Å². The molecule has 1 saturated heterocycles. The first-order valence-corrected chi connectivity index (χ1v) is 8.14. The molecule has 3 rings (SSSR count). The van der Waals surface area contributed by atoms with E-state index in [9.17, 15) is 8.42 Å². The molecule has 0 aliphatic carbocycles. The highest BCUT2D eigenvalue weighted by atomic mass is 32.2. The van der Waals surface area contributed by atoms with Gasteiger partial charge in [-0.25, -0.2) is 17.9 Å². The normalized spacial score (nSPS) is 22.6. The van der Waals surface area contributed by atoms with E-state index in [0.717, 1.165) is 24.2 Å². The SMILES string of the molecule is Nc1cnc2cc(CC3CCCS(=O)(=O)C3)nn2c1. The lowest BCUT2D eigenvalue weighted by atomic mass is 10.00. The van der Waals surface area contributed by atoms with Crippen LogP contribution in [0.15, 0.2) is 18.5 Å². The van der Waals surface area contributed by atoms with E-state index in [-0.39, 0.29) is 11.7 Å². The van der Waals surface area contributed by atoms with Crippen molar-refractivity contribution in [2.24, 2.45) is 5.92 Å². The Labute approximate surface area is 111 Å². The van der Waals surface area contributed by atoms with Crippen molar-refractivity contribution in [3.05, 3.63) is 24.2 Å². The van der Waals surface area contributed by atoms with Crippen molar-refractivity contribution in [1.29, 1.82) is 0 Å². The van der Waals surface area contributed by atoms with E-state index in [4.69, 9.17) is 5.73 Å². The number of nitrogen functional groups attached to an aromatic ring is 1. The fourth-order valence-electron chi connectivity index (χ4n) is 2.61. The summed E-state index contributed by atoms with van der Waals surface area (Å²) in [6.45, 7) is 0. The van der Waals surface area contributed by atoms with Crippen LogP contribution in [0, 0.1) is 5.92 Å². The van der Waals surface area contributed by atoms with Gasteiger partial charge in [-0.3, -0.25) is 0 Å². The summed E-state index contributed by atoms with van der Waals surface area (Å²) in [5.74, 6) is 0.768. The fraction of sp³-hybridized carbons (Fsp3) is 0.500. The minimum absolute atomic E-state index is 0.168. The molecule has 102 valence electrons. The zero-order valence-electron chi connectivity index (χ0n) is 10.5. The van der Waals surface area contributed by atoms with Crippen molar-refractivity contribution in [2.45, 2.75) is 19.3 Å². The van der Waals surface area contributed by atoms with Crippen LogP contribution in [0.1, 0.15) is 18.5 Å². The van der Waals surface area contributed by atoms with Crippen LogP contribution < -0.4 is 5.73 Å². The summed E-state index contributed by atoms with van der Waals surface area (Å²) in [4.78, 5) is 4.18. The van der Waals surface area contributed by atoms with E-state index in [0.29, 0.717) is 17.9 Å². The van der Waals surface area contributed by atoms with Crippen molar-refractivity contribution in [3.63, 3.8) is 0 Å². The molecule has 2 aromatic rings. The number of rotatable bonds is 2. The van der Waals surface area contributed by atoms with Gasteiger partial charge in [-0.1, -0.05) is 0 Å². The van der Waals surface area contributed by atoms with Crippen LogP contribution in [0.3, 0.4) is 0 Å². The third-order valence-electron chi connectivity index (χ3n) is 3.44. The fourth-order valence-corrected chi connectivity index (χ4v) is 4.39. The topological polar surface area (TPSA) is 90.3 Å². The third kappa shape index (κ3) is 2.70. The molecule has 1 aliphatic rings. The summed E-state index contributed by atoms with van der Waals surface area (Å²) in [5, 5.41) is 4.39. The Morgan fingerprint density at radius 1 is 1.47 bits per heavy atom. The molecule has 0 saturated carbocycles. The molecular weight excluding hydrogens is 264 g/mol. The average molecular weight is 280 g/mol. The number of nitrogens with zero attached hydrogens (tertiary/aromatic N) is 3. The summed E-state index contributed by atoms with van der Waals surface area (Å²) in [6.07, 6.45) is 5.69. The van der Waals surface area contributed by atoms with Crippen LogP contribution in [0.25, 0.3) is 5.65 Å². The molecule has 1 unspecified atom stereocenters. The zero-order valence-corrected chi connectivity index (χ0v) is 11.3. The van der Waals surface area contributed by atoms with E-state index < -0.39 is 9.84 Å². The molecule has 2 aromatic heterocycles. The first-order valence-electron chi connectivity index (χ1n) is 6.32. The second-order valence-corrected chi connectivity index (χ2v) is 7.38. The summed E-state index contributed by atoms with van der Waals surface area (Å²) < 4.78 is 24.9. The molecular formula is C12H16N4O2S. The average Bonchev–Trinajstić information content (AvgIpc) is 2.68. The predicted octanol–water partition coefficient (Wildman–Crippen LogP) is 0.679. The maximum Gasteiger partial charge on any atom is 0.155 e. The van der Waals surface area contributed by atoms with Gasteiger partial charge in [0.05, 0.1) is 35.3 Å². The molecule has 19 heavy (non-hydrogen) atoms. The van der Waals surface area contributed by atoms with Crippen LogP contribution in [0.2, 0.25) is 0 Å². The molecule has 0 spiro atoms. The molecule has 6 nitrogen and oxygen atoms in total. The van der Waals surface area contributed by atoms with Crippen molar-refractivity contribution in [1.82, 2.24) is 14.6 Å². The highest BCUT2D eigenvalue weighted by Gasteiger charge is 2.25. The maximum atomic E-state index is 11.6. The Morgan fingerprint density at radius 2 is 2.32 bits per heavy atom. The molecule has 0 radical (unpaired) electrons. The molecule has 0 amide bonds. The number of anilines is 1. The van der Waals surface area contributed by atoms with Gasteiger partial charge in [0.15, 0.2) is 15.5 Å². The summed E-state index contributed by atoms with van der Waals surface area (Å²) in [5.41, 5.74) is 7.82. The number of fused-ring (bicyclic) bond motifs is 1. The van der Waals surface area contributed by atoms with Gasteiger partial charge in [0, 0.05) is 6.07 Å². The van der Waals surface area contributed by atoms with E-state index in [2.05, 4.69) is 10.1 Å². The van der Waals surface area contributed by atoms with Gasteiger partial charge < -0.3 is 5.73 Å². The molecule has 1 fully saturated rings. The number of sulfone groups is 1. The molecule has 0 aromatic carbocycles. The second-order valence-electron chi connectivity index (χ2n) is 5.15. The number of hydrogen-bond acceptors (Lipinski definition) is 5. The van der Waals surface area contributed by atoms with E-state index in [1.54, 1.807) is 16.9 Å². The second kappa shape index (κ2) is 4.48. The molecule has 2 N–H and O–H groups in total. The third-order valence-corrected chi connectivity index (χ3v) is 5.33. The molecule has 7 heteroatoms. The highest BCUT2D eigenvalue weighted by molar-refractivity contribution is 7.91. The first-order chi connectivity index (χ1) is 9.02. The standard InChI is InChI=1S/C12H16N4O2S/c13-10-6-14-12-5-11(15-16(12)7-10)4-9-2-1-3-19(17,18)8-9/h5-7,9H,1-4,8,13H2. The predicted molar refractivity (Wildman–Crippen MR) is 72.5 cm³/mol. The van der Waals surface area contributed by atoms with Crippen molar-refractivity contribution in [2.75, 3.05) is 17.2 Å². The lowest BCUT2D eigenvalue weighted by molar-refractivity contribution is 0.479. The van der Waals surface area contributed by atoms with Crippen LogP contribution in [-0.4, -0.2) is 34.5 Å². The Balaban J connectivity index is 1.81. The largest absolute Gasteiger partial charge is 0.396 e.